The van der Waals surface area contributed by atoms with Crippen molar-refractivity contribution in [1.29, 1.82) is 0 Å². The van der Waals surface area contributed by atoms with Gasteiger partial charge < -0.3 is 0 Å². The van der Waals surface area contributed by atoms with Gasteiger partial charge in [0.25, 0.3) is 0 Å². The van der Waals surface area contributed by atoms with E-state index in [9.17, 15) is 0 Å². The standard InChI is InChI=1S/C24H24/c1-17-14-21-8-3-4-9-22(21)15-19-11-7-12-20(18(19)2)16-23-10-5-6-13-24(17)23/h3-13,17H,14-16H2,1-2H3. The zero-order valence-electron chi connectivity index (χ0n) is 14.5. The van der Waals surface area contributed by atoms with Crippen LogP contribution >= 0.6 is 0 Å². The van der Waals surface area contributed by atoms with E-state index in [0.717, 1.165) is 19.3 Å². The summed E-state index contributed by atoms with van der Waals surface area (Å²) in [6.07, 6.45) is 3.19. The van der Waals surface area contributed by atoms with Crippen LogP contribution in [0.5, 0.6) is 0 Å². The molecule has 2 bridgehead atoms. The molecule has 0 aromatic heterocycles. The summed E-state index contributed by atoms with van der Waals surface area (Å²) in [4.78, 5) is 0. The lowest BCUT2D eigenvalue weighted by atomic mass is 9.87. The van der Waals surface area contributed by atoms with Gasteiger partial charge in [-0.15, -0.1) is 0 Å². The molecule has 0 radical (unpaired) electrons. The molecule has 24 heavy (non-hydrogen) atoms. The maximum Gasteiger partial charge on any atom is -0.00202 e. The normalized spacial score (nSPS) is 16.7. The van der Waals surface area contributed by atoms with Crippen molar-refractivity contribution in [2.45, 2.75) is 39.0 Å². The number of rotatable bonds is 0. The van der Waals surface area contributed by atoms with Crippen LogP contribution in [0, 0.1) is 6.92 Å². The molecule has 0 fully saturated rings. The van der Waals surface area contributed by atoms with Gasteiger partial charge in [-0.3, -0.25) is 0 Å². The maximum atomic E-state index is 2.37. The van der Waals surface area contributed by atoms with Gasteiger partial charge in [0.05, 0.1) is 0 Å². The Bertz CT molecular complexity index is 873. The molecular formula is C24H24. The fraction of sp³-hybridized carbons (Fsp3) is 0.250. The fourth-order valence-electron chi connectivity index (χ4n) is 4.07. The lowest BCUT2D eigenvalue weighted by Crippen LogP contribution is -2.04. The first kappa shape index (κ1) is 15.2. The fourth-order valence-corrected chi connectivity index (χ4v) is 4.07. The van der Waals surface area contributed by atoms with Crippen molar-refractivity contribution in [3.63, 3.8) is 0 Å². The highest BCUT2D eigenvalue weighted by molar-refractivity contribution is 5.45. The van der Waals surface area contributed by atoms with Gasteiger partial charge >= 0.3 is 0 Å². The van der Waals surface area contributed by atoms with Gasteiger partial charge in [-0.25, -0.2) is 0 Å². The van der Waals surface area contributed by atoms with Crippen LogP contribution in [0.15, 0.2) is 66.7 Å². The largest absolute Gasteiger partial charge is 0.0620 e. The number of fused-ring (bicyclic) bond motifs is 4. The molecular weight excluding hydrogens is 288 g/mol. The van der Waals surface area contributed by atoms with Crippen molar-refractivity contribution in [1.82, 2.24) is 0 Å². The second-order valence-electron chi connectivity index (χ2n) is 7.13. The molecule has 0 heterocycles. The topological polar surface area (TPSA) is 0 Å². The summed E-state index contributed by atoms with van der Waals surface area (Å²) < 4.78 is 0. The molecule has 120 valence electrons. The SMILES string of the molecule is Cc1c2cccc1Cc1ccccc1C(C)Cc1ccccc1C2. The van der Waals surface area contributed by atoms with E-state index in [1.54, 1.807) is 0 Å². The van der Waals surface area contributed by atoms with Crippen molar-refractivity contribution in [3.8, 4) is 0 Å². The molecule has 3 aromatic rings. The summed E-state index contributed by atoms with van der Waals surface area (Å²) in [5.41, 5.74) is 10.3. The number of hydrogen-bond acceptors (Lipinski definition) is 0. The predicted molar refractivity (Wildman–Crippen MR) is 102 cm³/mol. The second kappa shape index (κ2) is 6.28. The highest BCUT2D eigenvalue weighted by Gasteiger charge is 2.16. The van der Waals surface area contributed by atoms with Gasteiger partial charge in [0.1, 0.15) is 0 Å². The van der Waals surface area contributed by atoms with Crippen LogP contribution in [0.1, 0.15) is 51.8 Å². The van der Waals surface area contributed by atoms with Crippen LogP contribution in [0.3, 0.4) is 0 Å². The Balaban J connectivity index is 1.93. The minimum absolute atomic E-state index is 0.541. The first-order valence-corrected chi connectivity index (χ1v) is 8.94. The summed E-state index contributed by atoms with van der Waals surface area (Å²) in [7, 11) is 0. The third-order valence-corrected chi connectivity index (χ3v) is 5.55. The molecule has 0 nitrogen and oxygen atoms in total. The second-order valence-corrected chi connectivity index (χ2v) is 7.13. The Kier molecular flexibility index (Phi) is 3.98. The summed E-state index contributed by atoms with van der Waals surface area (Å²) in [5, 5.41) is 0. The Hall–Kier alpha value is -2.34. The van der Waals surface area contributed by atoms with Crippen LogP contribution in [0.4, 0.5) is 0 Å². The third-order valence-electron chi connectivity index (χ3n) is 5.55. The average molecular weight is 312 g/mol. The van der Waals surface area contributed by atoms with Gasteiger partial charge in [0.15, 0.2) is 0 Å². The van der Waals surface area contributed by atoms with E-state index in [-0.39, 0.29) is 0 Å². The Labute approximate surface area is 145 Å². The molecule has 0 spiro atoms. The monoisotopic (exact) mass is 312 g/mol. The highest BCUT2D eigenvalue weighted by Crippen LogP contribution is 2.30. The van der Waals surface area contributed by atoms with Crippen LogP contribution < -0.4 is 0 Å². The van der Waals surface area contributed by atoms with E-state index in [1.165, 1.54) is 38.9 Å². The Morgan fingerprint density at radius 3 is 1.92 bits per heavy atom. The van der Waals surface area contributed by atoms with Crippen molar-refractivity contribution in [2.75, 3.05) is 0 Å². The zero-order valence-corrected chi connectivity index (χ0v) is 14.5. The molecule has 0 amide bonds. The van der Waals surface area contributed by atoms with Gasteiger partial charge in [0, 0.05) is 0 Å². The van der Waals surface area contributed by atoms with Gasteiger partial charge in [-0.2, -0.15) is 0 Å². The average Bonchev–Trinajstić information content (AvgIpc) is 2.60. The molecule has 0 aliphatic heterocycles. The minimum Gasteiger partial charge on any atom is -0.0620 e. The molecule has 1 aliphatic carbocycles. The van der Waals surface area contributed by atoms with E-state index in [4.69, 9.17) is 0 Å². The van der Waals surface area contributed by atoms with E-state index in [1.807, 2.05) is 0 Å². The van der Waals surface area contributed by atoms with Crippen molar-refractivity contribution >= 4 is 0 Å². The molecule has 1 aliphatic rings. The lowest BCUT2D eigenvalue weighted by molar-refractivity contribution is 0.744. The Morgan fingerprint density at radius 1 is 0.625 bits per heavy atom. The third kappa shape index (κ3) is 2.78. The molecule has 3 aromatic carbocycles. The highest BCUT2D eigenvalue weighted by atomic mass is 14.2. The molecule has 0 N–H and O–H groups in total. The summed E-state index contributed by atoms with van der Waals surface area (Å²) >= 11 is 0. The first-order valence-electron chi connectivity index (χ1n) is 8.94. The van der Waals surface area contributed by atoms with Gasteiger partial charge in [-0.05, 0) is 71.0 Å². The van der Waals surface area contributed by atoms with Crippen LogP contribution in [-0.4, -0.2) is 0 Å². The molecule has 4 rings (SSSR count). The first-order chi connectivity index (χ1) is 11.7. The quantitative estimate of drug-likeness (QED) is 0.489. The summed E-state index contributed by atoms with van der Waals surface area (Å²) in [6, 6.07) is 24.8. The van der Waals surface area contributed by atoms with Crippen LogP contribution in [0.25, 0.3) is 0 Å². The van der Waals surface area contributed by atoms with E-state index in [2.05, 4.69) is 80.6 Å². The number of hydrogen-bond donors (Lipinski definition) is 0. The van der Waals surface area contributed by atoms with Gasteiger partial charge in [-0.1, -0.05) is 73.7 Å². The van der Waals surface area contributed by atoms with E-state index >= 15 is 0 Å². The van der Waals surface area contributed by atoms with E-state index < -0.39 is 0 Å². The van der Waals surface area contributed by atoms with Crippen molar-refractivity contribution in [3.05, 3.63) is 106 Å². The minimum atomic E-state index is 0.541. The zero-order chi connectivity index (χ0) is 16.5. The molecule has 1 unspecified atom stereocenters. The molecule has 0 saturated carbocycles. The smallest absolute Gasteiger partial charge is 0.00202 e. The van der Waals surface area contributed by atoms with Crippen LogP contribution in [-0.2, 0) is 19.3 Å². The van der Waals surface area contributed by atoms with Crippen LogP contribution in [0.2, 0.25) is 0 Å². The Morgan fingerprint density at radius 2 is 1.17 bits per heavy atom. The molecule has 0 saturated heterocycles. The number of benzene rings is 3. The van der Waals surface area contributed by atoms with E-state index in [0.29, 0.717) is 5.92 Å². The maximum absolute atomic E-state index is 2.37. The lowest BCUT2D eigenvalue weighted by Gasteiger charge is -2.18. The van der Waals surface area contributed by atoms with Crippen molar-refractivity contribution in [2.24, 2.45) is 0 Å². The summed E-state index contributed by atoms with van der Waals surface area (Å²) in [6.45, 7) is 4.66. The summed E-state index contributed by atoms with van der Waals surface area (Å²) in [5.74, 6) is 0.541. The van der Waals surface area contributed by atoms with Crippen molar-refractivity contribution < 1.29 is 0 Å². The predicted octanol–water partition coefficient (Wildman–Crippen LogP) is 5.84. The molecule has 0 heteroatoms. The van der Waals surface area contributed by atoms with Gasteiger partial charge in [0.2, 0.25) is 0 Å². The molecule has 1 atom stereocenters.